The Balaban J connectivity index is 1.28. The minimum absolute atomic E-state index is 0.150. The van der Waals surface area contributed by atoms with E-state index in [2.05, 4.69) is 10.1 Å². The molecule has 0 bridgehead atoms. The largest absolute Gasteiger partial charge is 0.489 e. The van der Waals surface area contributed by atoms with Gasteiger partial charge in [-0.05, 0) is 48.9 Å². The third kappa shape index (κ3) is 4.05. The summed E-state index contributed by atoms with van der Waals surface area (Å²) in [7, 11) is 0. The topological polar surface area (TPSA) is 77.7 Å². The Morgan fingerprint density at radius 1 is 0.969 bits per heavy atom. The van der Waals surface area contributed by atoms with Gasteiger partial charge in [-0.2, -0.15) is 4.98 Å². The molecular weight excluding hydrogens is 406 g/mol. The van der Waals surface area contributed by atoms with Gasteiger partial charge in [0.2, 0.25) is 11.7 Å². The van der Waals surface area contributed by atoms with Crippen molar-refractivity contribution in [1.82, 2.24) is 10.1 Å². The lowest BCUT2D eigenvalue weighted by Crippen LogP contribution is -2.44. The lowest BCUT2D eigenvalue weighted by molar-refractivity contribution is -0.125. The van der Waals surface area contributed by atoms with Gasteiger partial charge in [-0.25, -0.2) is 0 Å². The van der Waals surface area contributed by atoms with Gasteiger partial charge < -0.3 is 14.0 Å². The molecule has 4 aromatic rings. The van der Waals surface area contributed by atoms with E-state index in [-0.39, 0.29) is 12.5 Å². The molecule has 0 saturated carbocycles. The molecule has 0 unspecified atom stereocenters. The Labute approximate surface area is 185 Å². The summed E-state index contributed by atoms with van der Waals surface area (Å²) in [5.41, 5.74) is 2.59. The first kappa shape index (κ1) is 19.8. The lowest BCUT2D eigenvalue weighted by Gasteiger charge is -2.31. The summed E-state index contributed by atoms with van der Waals surface area (Å²) < 4.78 is 16.9. The van der Waals surface area contributed by atoms with Crippen molar-refractivity contribution >= 4 is 11.6 Å². The number of fused-ring (bicyclic) bond motifs is 1. The van der Waals surface area contributed by atoms with Crippen LogP contribution in [0.2, 0.25) is 0 Å². The van der Waals surface area contributed by atoms with Gasteiger partial charge in [-0.3, -0.25) is 9.69 Å². The van der Waals surface area contributed by atoms with E-state index in [1.165, 1.54) is 0 Å². The normalized spacial score (nSPS) is 15.2. The van der Waals surface area contributed by atoms with E-state index in [0.717, 1.165) is 16.9 Å². The number of aromatic nitrogens is 2. The Bertz CT molecular complexity index is 1220. The fourth-order valence-electron chi connectivity index (χ4n) is 3.53. The van der Waals surface area contributed by atoms with Gasteiger partial charge in [0.15, 0.2) is 6.10 Å². The summed E-state index contributed by atoms with van der Waals surface area (Å²) in [6.07, 6.45) is -0.573. The second kappa shape index (κ2) is 8.55. The zero-order valence-electron chi connectivity index (χ0n) is 17.5. The number of anilines is 1. The summed E-state index contributed by atoms with van der Waals surface area (Å²) in [6.45, 7) is 2.40. The van der Waals surface area contributed by atoms with E-state index in [0.29, 0.717) is 29.8 Å². The molecule has 5 rings (SSSR count). The van der Waals surface area contributed by atoms with Crippen LogP contribution in [-0.2, 0) is 17.9 Å². The molecule has 160 valence electrons. The summed E-state index contributed by atoms with van der Waals surface area (Å²) >= 11 is 0. The van der Waals surface area contributed by atoms with Gasteiger partial charge in [-0.1, -0.05) is 47.6 Å². The van der Waals surface area contributed by atoms with Gasteiger partial charge in [0.1, 0.15) is 24.7 Å². The highest BCUT2D eigenvalue weighted by Gasteiger charge is 2.32. The molecule has 32 heavy (non-hydrogen) atoms. The van der Waals surface area contributed by atoms with Gasteiger partial charge in [0.05, 0.1) is 5.69 Å². The Morgan fingerprint density at radius 3 is 2.53 bits per heavy atom. The number of carbonyl (C=O) groups is 1. The highest BCUT2D eigenvalue weighted by Crippen LogP contribution is 2.34. The molecule has 3 aromatic carbocycles. The molecule has 1 aliphatic heterocycles. The highest BCUT2D eigenvalue weighted by molar-refractivity contribution is 5.99. The van der Waals surface area contributed by atoms with Gasteiger partial charge in [-0.15, -0.1) is 0 Å². The second-order valence-electron chi connectivity index (χ2n) is 7.46. The van der Waals surface area contributed by atoms with E-state index >= 15 is 0 Å². The molecule has 0 radical (unpaired) electrons. The predicted octanol–water partition coefficient (Wildman–Crippen LogP) is 4.63. The van der Waals surface area contributed by atoms with Gasteiger partial charge >= 0.3 is 0 Å². The van der Waals surface area contributed by atoms with Crippen LogP contribution in [-0.4, -0.2) is 22.2 Å². The molecule has 1 atom stereocenters. The number of hydrogen-bond acceptors (Lipinski definition) is 6. The number of benzene rings is 3. The van der Waals surface area contributed by atoms with E-state index in [1.54, 1.807) is 11.8 Å². The van der Waals surface area contributed by atoms with Crippen LogP contribution < -0.4 is 14.4 Å². The first-order chi connectivity index (χ1) is 15.7. The molecule has 0 saturated heterocycles. The summed E-state index contributed by atoms with van der Waals surface area (Å²) in [5, 5.41) is 4.08. The molecular formula is C25H21N3O4. The van der Waals surface area contributed by atoms with Crippen LogP contribution in [0.15, 0.2) is 83.4 Å². The summed E-state index contributed by atoms with van der Waals surface area (Å²) in [5.74, 6) is 2.07. The molecule has 1 aromatic heterocycles. The average molecular weight is 427 g/mol. The second-order valence-corrected chi connectivity index (χ2v) is 7.46. The van der Waals surface area contributed by atoms with Gasteiger partial charge in [0, 0.05) is 5.56 Å². The summed E-state index contributed by atoms with van der Waals surface area (Å²) in [4.78, 5) is 18.8. The SMILES string of the molecule is C[C@@H]1Oc2ccccc2N(Cc2nc(-c3ccc(OCc4ccccc4)cc3)no2)C1=O. The fraction of sp³-hybridized carbons (Fsp3) is 0.160. The molecule has 7 nitrogen and oxygen atoms in total. The standard InChI is InChI=1S/C25H21N3O4/c1-17-25(29)28(21-9-5-6-10-22(21)31-17)15-23-26-24(27-32-23)19-11-13-20(14-12-19)30-16-18-7-3-2-4-8-18/h2-14,17H,15-16H2,1H3/t17-/m0/s1. The number of para-hydroxylation sites is 2. The predicted molar refractivity (Wildman–Crippen MR) is 118 cm³/mol. The monoisotopic (exact) mass is 427 g/mol. The molecule has 1 amide bonds. The van der Waals surface area contributed by atoms with Crippen LogP contribution in [0, 0.1) is 0 Å². The Morgan fingerprint density at radius 2 is 1.72 bits per heavy atom. The fourth-order valence-corrected chi connectivity index (χ4v) is 3.53. The van der Waals surface area contributed by atoms with Crippen molar-refractivity contribution in [3.05, 3.63) is 90.3 Å². The van der Waals surface area contributed by atoms with E-state index in [9.17, 15) is 4.79 Å². The minimum Gasteiger partial charge on any atom is -0.489 e. The van der Waals surface area contributed by atoms with Gasteiger partial charge in [0.25, 0.3) is 5.91 Å². The lowest BCUT2D eigenvalue weighted by atomic mass is 10.2. The maximum atomic E-state index is 12.7. The quantitative estimate of drug-likeness (QED) is 0.447. The Kier molecular flexibility index (Phi) is 5.29. The first-order valence-electron chi connectivity index (χ1n) is 10.3. The molecule has 0 N–H and O–H groups in total. The van der Waals surface area contributed by atoms with Crippen molar-refractivity contribution in [2.45, 2.75) is 26.2 Å². The van der Waals surface area contributed by atoms with Crippen molar-refractivity contribution in [2.24, 2.45) is 0 Å². The van der Waals surface area contributed by atoms with Crippen molar-refractivity contribution < 1.29 is 18.8 Å². The van der Waals surface area contributed by atoms with Crippen molar-refractivity contribution in [3.8, 4) is 22.9 Å². The number of hydrogen-bond donors (Lipinski definition) is 0. The number of nitrogens with zero attached hydrogens (tertiary/aromatic N) is 3. The van der Waals surface area contributed by atoms with Crippen molar-refractivity contribution in [2.75, 3.05) is 4.90 Å². The minimum atomic E-state index is -0.573. The third-order valence-electron chi connectivity index (χ3n) is 5.20. The zero-order valence-corrected chi connectivity index (χ0v) is 17.5. The molecule has 7 heteroatoms. The van der Waals surface area contributed by atoms with Crippen LogP contribution in [0.25, 0.3) is 11.4 Å². The maximum absolute atomic E-state index is 12.7. The van der Waals surface area contributed by atoms with Crippen LogP contribution >= 0.6 is 0 Å². The number of carbonyl (C=O) groups excluding carboxylic acids is 1. The molecule has 2 heterocycles. The highest BCUT2D eigenvalue weighted by atomic mass is 16.5. The molecule has 0 aliphatic carbocycles. The molecule has 1 aliphatic rings. The Hall–Kier alpha value is -4.13. The van der Waals surface area contributed by atoms with Crippen LogP contribution in [0.4, 0.5) is 5.69 Å². The van der Waals surface area contributed by atoms with E-state index < -0.39 is 6.10 Å². The van der Waals surface area contributed by atoms with E-state index in [4.69, 9.17) is 14.0 Å². The maximum Gasteiger partial charge on any atom is 0.268 e. The third-order valence-corrected chi connectivity index (χ3v) is 5.20. The molecule has 0 spiro atoms. The number of amides is 1. The molecule has 0 fully saturated rings. The summed E-state index contributed by atoms with van der Waals surface area (Å²) in [6, 6.07) is 24.9. The smallest absolute Gasteiger partial charge is 0.268 e. The van der Waals surface area contributed by atoms with Crippen LogP contribution in [0.5, 0.6) is 11.5 Å². The van der Waals surface area contributed by atoms with Crippen molar-refractivity contribution in [1.29, 1.82) is 0 Å². The average Bonchev–Trinajstić information content (AvgIpc) is 3.30. The van der Waals surface area contributed by atoms with Crippen LogP contribution in [0.3, 0.4) is 0 Å². The zero-order chi connectivity index (χ0) is 21.9. The first-order valence-corrected chi connectivity index (χ1v) is 10.3. The number of rotatable bonds is 6. The van der Waals surface area contributed by atoms with Crippen molar-refractivity contribution in [3.63, 3.8) is 0 Å². The van der Waals surface area contributed by atoms with E-state index in [1.807, 2.05) is 78.9 Å². The van der Waals surface area contributed by atoms with Crippen LogP contribution in [0.1, 0.15) is 18.4 Å². The number of ether oxygens (including phenoxy) is 2.